The number of carbonyl (C=O) groups excluding carboxylic acids is 1. The molecule has 3 heterocycles. The first-order chi connectivity index (χ1) is 46.8. The lowest BCUT2D eigenvalue weighted by atomic mass is 9.96. The van der Waals surface area contributed by atoms with Gasteiger partial charge in [0.2, 0.25) is 5.91 Å². The fourth-order valence-corrected chi connectivity index (χ4v) is 13.9. The van der Waals surface area contributed by atoms with Crippen molar-refractivity contribution >= 4 is 5.91 Å². The second-order valence-electron chi connectivity index (χ2n) is 28.9. The number of aliphatic hydroxyl groups is 11. The molecule has 3 aliphatic rings. The van der Waals surface area contributed by atoms with E-state index < -0.39 is 124 Å². The number of unbranched alkanes of at least 4 members (excludes halogenated alkanes) is 46. The largest absolute Gasteiger partial charge is 0.394 e. The molecule has 0 aromatic carbocycles. The van der Waals surface area contributed by atoms with Crippen LogP contribution in [0.5, 0.6) is 0 Å². The van der Waals surface area contributed by atoms with E-state index >= 15 is 0 Å². The number of nitrogens with one attached hydrogen (secondary N) is 1. The molecule has 0 aromatic heterocycles. The van der Waals surface area contributed by atoms with Gasteiger partial charge in [-0.05, 0) is 38.5 Å². The summed E-state index contributed by atoms with van der Waals surface area (Å²) in [6.07, 6.45) is 41.5. The van der Waals surface area contributed by atoms with Crippen molar-refractivity contribution in [3.63, 3.8) is 0 Å². The molecule has 0 bridgehead atoms. The van der Waals surface area contributed by atoms with Gasteiger partial charge in [0.1, 0.15) is 73.2 Å². The molecule has 3 saturated heterocycles. The molecule has 17 atom stereocenters. The minimum Gasteiger partial charge on any atom is -0.394 e. The number of hydrogen-bond donors (Lipinski definition) is 12. The van der Waals surface area contributed by atoms with Crippen LogP contribution < -0.4 is 5.32 Å². The van der Waals surface area contributed by atoms with Gasteiger partial charge in [-0.3, -0.25) is 4.79 Å². The molecule has 17 unspecified atom stereocenters. The van der Waals surface area contributed by atoms with Crippen LogP contribution in [0, 0.1) is 0 Å². The molecule has 19 nitrogen and oxygen atoms in total. The average Bonchev–Trinajstić information content (AvgIpc) is 0.788. The molecular weight excluding hydrogens is 1230 g/mol. The third-order valence-electron chi connectivity index (χ3n) is 20.3. The van der Waals surface area contributed by atoms with E-state index in [4.69, 9.17) is 28.4 Å². The van der Waals surface area contributed by atoms with Crippen LogP contribution in [0.4, 0.5) is 0 Å². The number of ether oxygens (including phenoxy) is 6. The summed E-state index contributed by atoms with van der Waals surface area (Å²) in [6, 6.07) is -0.886. The summed E-state index contributed by atoms with van der Waals surface area (Å²) in [5.41, 5.74) is 0. The van der Waals surface area contributed by atoms with E-state index in [9.17, 15) is 61.0 Å². The van der Waals surface area contributed by atoms with E-state index in [1.54, 1.807) is 0 Å². The SMILES string of the molecule is CCCCCCCCCC/C=C\CCCCCCCCCCCCCCCC(=O)NC(COC1OC(CO)C(OC2OC(CO)C(OC3OC(CO)C(O)C(O)C3O)C(O)C2O)C(O)C1O)C(O)CCCCCCCCCCCCCCCCCCCCCCCCCCCC. The van der Waals surface area contributed by atoms with Crippen molar-refractivity contribution in [2.45, 2.75) is 446 Å². The van der Waals surface area contributed by atoms with Gasteiger partial charge in [0, 0.05) is 6.42 Å². The molecule has 0 spiro atoms. The minimum atomic E-state index is -1.97. The molecule has 96 heavy (non-hydrogen) atoms. The van der Waals surface area contributed by atoms with Crippen LogP contribution in [0.3, 0.4) is 0 Å². The van der Waals surface area contributed by atoms with Gasteiger partial charge in [0.25, 0.3) is 0 Å². The Labute approximate surface area is 582 Å². The smallest absolute Gasteiger partial charge is 0.220 e. The van der Waals surface area contributed by atoms with Crippen molar-refractivity contribution in [1.82, 2.24) is 5.32 Å². The summed E-state index contributed by atoms with van der Waals surface area (Å²) < 4.78 is 34.5. The zero-order valence-electron chi connectivity index (χ0n) is 60.6. The predicted octanol–water partition coefficient (Wildman–Crippen LogP) is 12.8. The molecule has 3 fully saturated rings. The lowest BCUT2D eigenvalue weighted by Crippen LogP contribution is -2.66. The summed E-state index contributed by atoms with van der Waals surface area (Å²) in [5.74, 6) is -0.236. The van der Waals surface area contributed by atoms with Crippen LogP contribution >= 0.6 is 0 Å². The molecule has 3 rings (SSSR count). The monoisotopic (exact) mass is 1370 g/mol. The fourth-order valence-electron chi connectivity index (χ4n) is 13.9. The van der Waals surface area contributed by atoms with Crippen LogP contribution in [0.2, 0.25) is 0 Å². The number of amides is 1. The van der Waals surface area contributed by atoms with Crippen LogP contribution in [-0.2, 0) is 33.2 Å². The van der Waals surface area contributed by atoms with E-state index in [0.717, 1.165) is 44.9 Å². The Bertz CT molecular complexity index is 1790. The highest BCUT2D eigenvalue weighted by Gasteiger charge is 2.54. The molecule has 0 saturated carbocycles. The first-order valence-corrected chi connectivity index (χ1v) is 39.9. The minimum absolute atomic E-state index is 0.236. The van der Waals surface area contributed by atoms with Crippen molar-refractivity contribution in [3.8, 4) is 0 Å². The molecule has 0 aromatic rings. The highest BCUT2D eigenvalue weighted by atomic mass is 16.8. The van der Waals surface area contributed by atoms with Gasteiger partial charge in [-0.1, -0.05) is 309 Å². The van der Waals surface area contributed by atoms with E-state index in [1.165, 1.54) is 263 Å². The third kappa shape index (κ3) is 39.3. The highest BCUT2D eigenvalue weighted by Crippen LogP contribution is 2.33. The van der Waals surface area contributed by atoms with E-state index in [2.05, 4.69) is 31.3 Å². The zero-order valence-corrected chi connectivity index (χ0v) is 60.6. The Morgan fingerprint density at radius 3 is 1.01 bits per heavy atom. The molecule has 1 amide bonds. The summed E-state index contributed by atoms with van der Waals surface area (Å²) in [4.78, 5) is 13.5. The maximum absolute atomic E-state index is 13.5. The fraction of sp³-hybridized carbons (Fsp3) is 0.961. The molecule has 12 N–H and O–H groups in total. The van der Waals surface area contributed by atoms with Crippen LogP contribution in [0.15, 0.2) is 12.2 Å². The van der Waals surface area contributed by atoms with Gasteiger partial charge in [-0.25, -0.2) is 0 Å². The van der Waals surface area contributed by atoms with Crippen LogP contribution in [0.25, 0.3) is 0 Å². The second kappa shape index (κ2) is 59.0. The van der Waals surface area contributed by atoms with Gasteiger partial charge < -0.3 is 89.9 Å². The van der Waals surface area contributed by atoms with Crippen molar-refractivity contribution in [3.05, 3.63) is 12.2 Å². The molecule has 3 aliphatic heterocycles. The zero-order chi connectivity index (χ0) is 69.6. The quantitative estimate of drug-likeness (QED) is 0.0199. The lowest BCUT2D eigenvalue weighted by Gasteiger charge is -2.48. The van der Waals surface area contributed by atoms with Crippen molar-refractivity contribution in [1.29, 1.82) is 0 Å². The van der Waals surface area contributed by atoms with Gasteiger partial charge in [-0.2, -0.15) is 0 Å². The summed E-state index contributed by atoms with van der Waals surface area (Å²) in [7, 11) is 0. The number of allylic oxidation sites excluding steroid dienone is 2. The molecule has 19 heteroatoms. The normalized spacial score (nSPS) is 27.0. The maximum atomic E-state index is 13.5. The maximum Gasteiger partial charge on any atom is 0.220 e. The predicted molar refractivity (Wildman–Crippen MR) is 379 cm³/mol. The number of hydrogen-bond acceptors (Lipinski definition) is 18. The Balaban J connectivity index is 1.38. The Kier molecular flexibility index (Phi) is 54.5. The second-order valence-corrected chi connectivity index (χ2v) is 28.9. The molecule has 0 radical (unpaired) electrons. The Morgan fingerprint density at radius 2 is 0.656 bits per heavy atom. The summed E-state index contributed by atoms with van der Waals surface area (Å²) in [6.45, 7) is 1.86. The van der Waals surface area contributed by atoms with Gasteiger partial charge >= 0.3 is 0 Å². The Morgan fingerprint density at radius 1 is 0.365 bits per heavy atom. The van der Waals surface area contributed by atoms with E-state index in [0.29, 0.717) is 12.8 Å². The van der Waals surface area contributed by atoms with Gasteiger partial charge in [0.15, 0.2) is 18.9 Å². The van der Waals surface area contributed by atoms with Gasteiger partial charge in [-0.15, -0.1) is 0 Å². The van der Waals surface area contributed by atoms with Crippen molar-refractivity contribution in [2.24, 2.45) is 0 Å². The van der Waals surface area contributed by atoms with Gasteiger partial charge in [0.05, 0.1) is 38.6 Å². The topological polar surface area (TPSA) is 307 Å². The average molecular weight is 1380 g/mol. The Hall–Kier alpha value is -1.47. The first kappa shape index (κ1) is 88.7. The highest BCUT2D eigenvalue weighted by molar-refractivity contribution is 5.76. The summed E-state index contributed by atoms with van der Waals surface area (Å²) in [5, 5.41) is 121. The third-order valence-corrected chi connectivity index (χ3v) is 20.3. The number of carbonyl (C=O) groups is 1. The van der Waals surface area contributed by atoms with Crippen molar-refractivity contribution in [2.75, 3.05) is 26.4 Å². The first-order valence-electron chi connectivity index (χ1n) is 39.9. The standard InChI is InChI=1S/C77H147NO18/c1-3-5-7-9-11-13-15-17-19-21-23-25-27-29-31-32-34-36-38-40-42-44-46-48-50-52-54-61(82)60(78-65(83)55-53-51-49-47-45-43-41-39-37-35-33-30-28-26-24-22-20-18-16-14-12-10-8-6-4-2)59-91-75-71(89)68(86)73(63(57-80)93-75)96-77-72(90)69(87)74(64(58-81)94-77)95-76-70(88)67(85)66(84)62(56-79)92-76/h22,24,60-64,66-77,79-82,84-90H,3-21,23,25-59H2,1-2H3,(H,78,83)/b24-22-. The number of aliphatic hydroxyl groups excluding tert-OH is 11. The molecule has 568 valence electrons. The number of rotatable bonds is 64. The van der Waals surface area contributed by atoms with Crippen LogP contribution in [-0.4, -0.2) is 193 Å². The summed E-state index contributed by atoms with van der Waals surface area (Å²) >= 11 is 0. The van der Waals surface area contributed by atoms with E-state index in [-0.39, 0.29) is 18.9 Å². The molecular formula is C77H147NO18. The van der Waals surface area contributed by atoms with E-state index in [1.807, 2.05) is 0 Å². The van der Waals surface area contributed by atoms with Crippen LogP contribution in [0.1, 0.15) is 341 Å². The lowest BCUT2D eigenvalue weighted by molar-refractivity contribution is -0.379. The van der Waals surface area contributed by atoms with Crippen molar-refractivity contribution < 1.29 is 89.4 Å². The molecule has 0 aliphatic carbocycles.